The molecule has 0 atom stereocenters. The first kappa shape index (κ1) is 18.6. The van der Waals surface area contributed by atoms with Crippen LogP contribution >= 0.6 is 0 Å². The summed E-state index contributed by atoms with van der Waals surface area (Å²) in [7, 11) is 5.04. The molecule has 0 spiro atoms. The van der Waals surface area contributed by atoms with E-state index in [1.165, 1.54) is 5.56 Å². The Hall–Kier alpha value is -2.75. The number of hydrogen-bond donors (Lipinski definition) is 0. The molecule has 0 radical (unpaired) electrons. The zero-order valence-corrected chi connectivity index (χ0v) is 15.3. The summed E-state index contributed by atoms with van der Waals surface area (Å²) >= 11 is 0. The minimum absolute atomic E-state index is 0.0121. The molecule has 2 rings (SSSR count). The molecule has 4 heteroatoms. The van der Waals surface area contributed by atoms with Gasteiger partial charge in [-0.3, -0.25) is 4.79 Å². The molecule has 0 saturated carbocycles. The molecular formula is C21H25NO3. The molecule has 1 amide bonds. The number of carbonyl (C=O) groups is 1. The highest BCUT2D eigenvalue weighted by Gasteiger charge is 2.08. The van der Waals surface area contributed by atoms with Crippen LogP contribution in [0.2, 0.25) is 0 Å². The molecule has 0 heterocycles. The standard InChI is InChI=1S/C21H25NO3/c1-16-6-5-7-17(14-16)9-11-21(23)22(2)13-12-18-8-10-19(24-3)20(15-18)25-4/h5-11,14-15H,12-13H2,1-4H3/b11-9+. The van der Waals surface area contributed by atoms with Crippen LogP contribution in [-0.4, -0.2) is 38.6 Å². The Morgan fingerprint density at radius 2 is 1.84 bits per heavy atom. The molecule has 0 bridgehead atoms. The zero-order valence-electron chi connectivity index (χ0n) is 15.3. The largest absolute Gasteiger partial charge is 0.493 e. The van der Waals surface area contributed by atoms with Gasteiger partial charge in [-0.15, -0.1) is 0 Å². The first-order valence-electron chi connectivity index (χ1n) is 8.24. The van der Waals surface area contributed by atoms with Gasteiger partial charge in [0.15, 0.2) is 11.5 Å². The summed E-state index contributed by atoms with van der Waals surface area (Å²) in [6, 6.07) is 13.9. The van der Waals surface area contributed by atoms with Gasteiger partial charge in [0.05, 0.1) is 14.2 Å². The third-order valence-corrected chi connectivity index (χ3v) is 4.02. The lowest BCUT2D eigenvalue weighted by molar-refractivity contribution is -0.124. The topological polar surface area (TPSA) is 38.8 Å². The quantitative estimate of drug-likeness (QED) is 0.722. The van der Waals surface area contributed by atoms with Gasteiger partial charge in [-0.25, -0.2) is 0 Å². The smallest absolute Gasteiger partial charge is 0.246 e. The highest BCUT2D eigenvalue weighted by molar-refractivity contribution is 5.91. The predicted octanol–water partition coefficient (Wildman–Crippen LogP) is 3.73. The van der Waals surface area contributed by atoms with Crippen molar-refractivity contribution in [1.82, 2.24) is 4.90 Å². The SMILES string of the molecule is COc1ccc(CCN(C)C(=O)/C=C/c2cccc(C)c2)cc1OC. The summed E-state index contributed by atoms with van der Waals surface area (Å²) in [5.74, 6) is 1.40. The molecule has 0 aliphatic rings. The first-order chi connectivity index (χ1) is 12.0. The average Bonchev–Trinajstić information content (AvgIpc) is 2.63. The van der Waals surface area contributed by atoms with Crippen molar-refractivity contribution in [2.45, 2.75) is 13.3 Å². The van der Waals surface area contributed by atoms with Crippen LogP contribution in [0.1, 0.15) is 16.7 Å². The Balaban J connectivity index is 1.93. The van der Waals surface area contributed by atoms with Crippen LogP contribution < -0.4 is 9.47 Å². The number of methoxy groups -OCH3 is 2. The summed E-state index contributed by atoms with van der Waals surface area (Å²) in [6.45, 7) is 2.67. The van der Waals surface area contributed by atoms with E-state index in [1.807, 2.05) is 62.5 Å². The second-order valence-corrected chi connectivity index (χ2v) is 5.95. The number of likely N-dealkylation sites (N-methyl/N-ethyl adjacent to an activating group) is 1. The fraction of sp³-hybridized carbons (Fsp3) is 0.286. The van der Waals surface area contributed by atoms with E-state index in [4.69, 9.17) is 9.47 Å². The second-order valence-electron chi connectivity index (χ2n) is 5.95. The maximum Gasteiger partial charge on any atom is 0.246 e. The molecule has 0 unspecified atom stereocenters. The van der Waals surface area contributed by atoms with Gasteiger partial charge in [0.25, 0.3) is 0 Å². The monoisotopic (exact) mass is 339 g/mol. The number of nitrogens with zero attached hydrogens (tertiary/aromatic N) is 1. The Morgan fingerprint density at radius 3 is 2.52 bits per heavy atom. The van der Waals surface area contributed by atoms with Gasteiger partial charge in [0, 0.05) is 19.7 Å². The summed E-state index contributed by atoms with van der Waals surface area (Å²) in [5.41, 5.74) is 3.30. The fourth-order valence-corrected chi connectivity index (χ4v) is 2.51. The molecule has 0 aliphatic heterocycles. The highest BCUT2D eigenvalue weighted by Crippen LogP contribution is 2.27. The predicted molar refractivity (Wildman–Crippen MR) is 101 cm³/mol. The normalized spacial score (nSPS) is 10.7. The second kappa shape index (κ2) is 8.92. The molecule has 132 valence electrons. The van der Waals surface area contributed by atoms with Crippen molar-refractivity contribution < 1.29 is 14.3 Å². The fourth-order valence-electron chi connectivity index (χ4n) is 2.51. The lowest BCUT2D eigenvalue weighted by Gasteiger charge is -2.16. The molecule has 4 nitrogen and oxygen atoms in total. The van der Waals surface area contributed by atoms with Crippen LogP contribution in [0.4, 0.5) is 0 Å². The lowest BCUT2D eigenvalue weighted by atomic mass is 10.1. The van der Waals surface area contributed by atoms with Crippen LogP contribution in [0, 0.1) is 6.92 Å². The van der Waals surface area contributed by atoms with Crippen LogP contribution in [-0.2, 0) is 11.2 Å². The Kier molecular flexibility index (Phi) is 6.63. The molecule has 2 aromatic rings. The minimum Gasteiger partial charge on any atom is -0.493 e. The van der Waals surface area contributed by atoms with Crippen LogP contribution in [0.3, 0.4) is 0 Å². The number of carbonyl (C=O) groups excluding carboxylic acids is 1. The third kappa shape index (κ3) is 5.38. The summed E-state index contributed by atoms with van der Waals surface area (Å²) in [6.07, 6.45) is 4.21. The van der Waals surface area contributed by atoms with Crippen molar-refractivity contribution in [2.75, 3.05) is 27.8 Å². The summed E-state index contributed by atoms with van der Waals surface area (Å²) in [4.78, 5) is 14.0. The summed E-state index contributed by atoms with van der Waals surface area (Å²) < 4.78 is 10.6. The number of benzene rings is 2. The molecule has 0 aromatic heterocycles. The van der Waals surface area contributed by atoms with E-state index in [-0.39, 0.29) is 5.91 Å². The van der Waals surface area contributed by atoms with E-state index in [9.17, 15) is 4.79 Å². The summed E-state index contributed by atoms with van der Waals surface area (Å²) in [5, 5.41) is 0. The van der Waals surface area contributed by atoms with E-state index < -0.39 is 0 Å². The molecule has 0 aliphatic carbocycles. The van der Waals surface area contributed by atoms with Gasteiger partial charge < -0.3 is 14.4 Å². The van der Waals surface area contributed by atoms with Gasteiger partial charge >= 0.3 is 0 Å². The van der Waals surface area contributed by atoms with E-state index in [1.54, 1.807) is 25.2 Å². The molecule has 0 fully saturated rings. The Labute approximate surface area is 149 Å². The highest BCUT2D eigenvalue weighted by atomic mass is 16.5. The van der Waals surface area contributed by atoms with Gasteiger partial charge in [-0.2, -0.15) is 0 Å². The molecule has 0 N–H and O–H groups in total. The van der Waals surface area contributed by atoms with Gasteiger partial charge in [0.1, 0.15) is 0 Å². The van der Waals surface area contributed by atoms with Crippen molar-refractivity contribution >= 4 is 12.0 Å². The van der Waals surface area contributed by atoms with Crippen LogP contribution in [0.5, 0.6) is 11.5 Å². The van der Waals surface area contributed by atoms with Crippen molar-refractivity contribution in [3.63, 3.8) is 0 Å². The minimum atomic E-state index is -0.0121. The van der Waals surface area contributed by atoms with Crippen molar-refractivity contribution in [1.29, 1.82) is 0 Å². The molecule has 0 saturated heterocycles. The van der Waals surface area contributed by atoms with Crippen molar-refractivity contribution in [3.05, 3.63) is 65.2 Å². The molecule has 2 aromatic carbocycles. The van der Waals surface area contributed by atoms with Gasteiger partial charge in [-0.1, -0.05) is 35.9 Å². The van der Waals surface area contributed by atoms with Crippen molar-refractivity contribution in [3.8, 4) is 11.5 Å². The van der Waals surface area contributed by atoms with Crippen LogP contribution in [0.15, 0.2) is 48.5 Å². The van der Waals surface area contributed by atoms with E-state index in [0.717, 1.165) is 17.5 Å². The Morgan fingerprint density at radius 1 is 1.08 bits per heavy atom. The number of rotatable bonds is 7. The van der Waals surface area contributed by atoms with E-state index >= 15 is 0 Å². The molecular weight excluding hydrogens is 314 g/mol. The number of aryl methyl sites for hydroxylation is 1. The maximum absolute atomic E-state index is 12.2. The average molecular weight is 339 g/mol. The third-order valence-electron chi connectivity index (χ3n) is 4.02. The van der Waals surface area contributed by atoms with Crippen molar-refractivity contribution in [2.24, 2.45) is 0 Å². The van der Waals surface area contributed by atoms with Gasteiger partial charge in [-0.05, 0) is 42.7 Å². The number of amides is 1. The number of ether oxygens (including phenoxy) is 2. The van der Waals surface area contributed by atoms with E-state index in [2.05, 4.69) is 0 Å². The van der Waals surface area contributed by atoms with Crippen LogP contribution in [0.25, 0.3) is 6.08 Å². The number of hydrogen-bond acceptors (Lipinski definition) is 3. The zero-order chi connectivity index (χ0) is 18.2. The first-order valence-corrected chi connectivity index (χ1v) is 8.24. The van der Waals surface area contributed by atoms with Gasteiger partial charge in [0.2, 0.25) is 5.91 Å². The Bertz CT molecular complexity index is 753. The maximum atomic E-state index is 12.2. The lowest BCUT2D eigenvalue weighted by Crippen LogP contribution is -2.27. The van der Waals surface area contributed by atoms with E-state index in [0.29, 0.717) is 18.0 Å². The molecule has 25 heavy (non-hydrogen) atoms.